The third kappa shape index (κ3) is 5.41. The van der Waals surface area contributed by atoms with E-state index in [0.29, 0.717) is 28.8 Å². The lowest BCUT2D eigenvalue weighted by atomic mass is 9.70. The number of hydrogen-bond acceptors (Lipinski definition) is 8. The van der Waals surface area contributed by atoms with Crippen molar-refractivity contribution < 1.29 is 33.2 Å². The Labute approximate surface area is 305 Å². The van der Waals surface area contributed by atoms with Gasteiger partial charge >= 0.3 is 0 Å². The number of H-pyrrole nitrogens is 1. The van der Waals surface area contributed by atoms with Crippen molar-refractivity contribution in [1.29, 1.82) is 0 Å². The molecule has 2 N–H and O–H groups in total. The minimum absolute atomic E-state index is 0.00225. The first-order valence-corrected chi connectivity index (χ1v) is 18.1. The van der Waals surface area contributed by atoms with Crippen LogP contribution in [0.1, 0.15) is 116 Å². The Morgan fingerprint density at radius 2 is 1.70 bits per heavy atom. The maximum Gasteiger partial charge on any atom is 0.265 e. The average molecular weight is 718 g/mol. The van der Waals surface area contributed by atoms with E-state index < -0.39 is 40.9 Å². The normalized spacial score (nSPS) is 19.9. The molecule has 0 saturated carbocycles. The van der Waals surface area contributed by atoms with Crippen molar-refractivity contribution in [3.8, 4) is 0 Å². The Bertz CT molecular complexity index is 2300. The molecule has 2 saturated heterocycles. The Balaban J connectivity index is 0.991. The quantitative estimate of drug-likeness (QED) is 0.200. The largest absolute Gasteiger partial charge is 0.371 e. The highest BCUT2D eigenvalue weighted by Crippen LogP contribution is 2.46. The van der Waals surface area contributed by atoms with E-state index in [1.54, 1.807) is 18.2 Å². The molecule has 4 heterocycles. The predicted molar refractivity (Wildman–Crippen MR) is 195 cm³/mol. The van der Waals surface area contributed by atoms with Gasteiger partial charge in [0.2, 0.25) is 11.8 Å². The van der Waals surface area contributed by atoms with E-state index in [9.17, 15) is 28.8 Å². The molecule has 4 aliphatic rings. The van der Waals surface area contributed by atoms with Crippen LogP contribution in [0.15, 0.2) is 42.5 Å². The number of carbonyl (C=O) groups excluding carboxylic acids is 6. The highest BCUT2D eigenvalue weighted by Gasteiger charge is 2.46. The molecule has 3 aliphatic heterocycles. The SMILES string of the molecule is CCc1cc2c(cc1N1CCC(N(C)Cc3cc(F)c4c(c3)C(=O)N(C3CCC(=O)NC3=O)C4=O)CC1)C(C)(C)c1[nH]c3cc(C=O)ccc3c1C2=O. The maximum atomic E-state index is 15.4. The number of halogens is 1. The van der Waals surface area contributed by atoms with E-state index in [1.165, 1.54) is 6.07 Å². The summed E-state index contributed by atoms with van der Waals surface area (Å²) in [6.45, 7) is 8.25. The zero-order valence-electron chi connectivity index (χ0n) is 30.1. The third-order valence-electron chi connectivity index (χ3n) is 11.7. The van der Waals surface area contributed by atoms with Crippen LogP contribution < -0.4 is 10.2 Å². The number of carbonyl (C=O) groups is 6. The fourth-order valence-electron chi connectivity index (χ4n) is 8.84. The molecule has 53 heavy (non-hydrogen) atoms. The predicted octanol–water partition coefficient (Wildman–Crippen LogP) is 5.05. The van der Waals surface area contributed by atoms with Crippen molar-refractivity contribution in [2.24, 2.45) is 0 Å². The average Bonchev–Trinajstić information content (AvgIpc) is 3.65. The van der Waals surface area contributed by atoms with Crippen LogP contribution in [0.4, 0.5) is 10.1 Å². The first-order valence-electron chi connectivity index (χ1n) is 18.1. The van der Waals surface area contributed by atoms with Gasteiger partial charge in [0.15, 0.2) is 5.78 Å². The summed E-state index contributed by atoms with van der Waals surface area (Å²) >= 11 is 0. The fourth-order valence-corrected chi connectivity index (χ4v) is 8.84. The van der Waals surface area contributed by atoms with Gasteiger partial charge in [-0.2, -0.15) is 0 Å². The van der Waals surface area contributed by atoms with Crippen LogP contribution >= 0.6 is 0 Å². The van der Waals surface area contributed by atoms with E-state index in [1.807, 2.05) is 13.1 Å². The van der Waals surface area contributed by atoms with Crippen molar-refractivity contribution >= 4 is 52.3 Å². The lowest BCUT2D eigenvalue weighted by Gasteiger charge is -2.40. The summed E-state index contributed by atoms with van der Waals surface area (Å²) in [5.74, 6) is -3.62. The van der Waals surface area contributed by atoms with Crippen molar-refractivity contribution in [2.45, 2.75) is 76.9 Å². The van der Waals surface area contributed by atoms with E-state index in [0.717, 1.165) is 76.9 Å². The van der Waals surface area contributed by atoms with Crippen molar-refractivity contribution in [1.82, 2.24) is 20.1 Å². The van der Waals surface area contributed by atoms with Gasteiger partial charge in [0, 0.05) is 70.9 Å². The maximum absolute atomic E-state index is 15.4. The molecule has 11 nitrogen and oxygen atoms in total. The van der Waals surface area contributed by atoms with Gasteiger partial charge in [-0.1, -0.05) is 32.9 Å². The van der Waals surface area contributed by atoms with E-state index in [4.69, 9.17) is 0 Å². The molecule has 1 atom stereocenters. The first-order chi connectivity index (χ1) is 25.3. The summed E-state index contributed by atoms with van der Waals surface area (Å²) in [7, 11) is 1.97. The van der Waals surface area contributed by atoms with E-state index in [-0.39, 0.29) is 35.8 Å². The van der Waals surface area contributed by atoms with Crippen molar-refractivity contribution in [3.63, 3.8) is 0 Å². The van der Waals surface area contributed by atoms with Crippen LogP contribution in [0.25, 0.3) is 10.9 Å². The number of aryl methyl sites for hydroxylation is 1. The van der Waals surface area contributed by atoms with Crippen LogP contribution in [-0.4, -0.2) is 82.7 Å². The zero-order chi connectivity index (χ0) is 37.5. The molecule has 1 aliphatic carbocycles. The number of nitrogens with one attached hydrogen (secondary N) is 2. The molecule has 1 unspecified atom stereocenters. The number of anilines is 1. The summed E-state index contributed by atoms with van der Waals surface area (Å²) in [4.78, 5) is 84.9. The number of nitrogens with zero attached hydrogens (tertiary/aromatic N) is 3. The molecule has 0 spiro atoms. The lowest BCUT2D eigenvalue weighted by molar-refractivity contribution is -0.136. The van der Waals surface area contributed by atoms with Crippen LogP contribution in [0.3, 0.4) is 0 Å². The molecule has 8 rings (SSSR count). The van der Waals surface area contributed by atoms with Crippen molar-refractivity contribution in [2.75, 3.05) is 25.0 Å². The summed E-state index contributed by atoms with van der Waals surface area (Å²) in [5, 5.41) is 2.98. The number of piperidine rings is 2. The molecular weight excluding hydrogens is 677 g/mol. The first kappa shape index (κ1) is 34.6. The fraction of sp³-hybridized carbons (Fsp3) is 0.366. The highest BCUT2D eigenvalue weighted by molar-refractivity contribution is 6.24. The standard InChI is InChI=1S/C41H40FN5O6/c1-5-23-17-26-28(41(2,3)37-35(36(26)50)25-7-6-21(20-48)16-30(25)43-37)18-32(23)46-12-10-24(11-13-46)45(4)19-22-14-27-34(29(42)15-22)40(53)47(39(27)52)31-8-9-33(49)44-38(31)51/h6-7,14-18,20,24,31,43H,5,8-13,19H2,1-4H3,(H,44,49,51). The Hall–Kier alpha value is -5.49. The van der Waals surface area contributed by atoms with Gasteiger partial charge in [-0.25, -0.2) is 4.39 Å². The summed E-state index contributed by atoms with van der Waals surface area (Å²) in [6, 6.07) is 11.5. The lowest BCUT2D eigenvalue weighted by Crippen LogP contribution is -2.54. The third-order valence-corrected chi connectivity index (χ3v) is 11.7. The number of aromatic nitrogens is 1. The zero-order valence-corrected chi connectivity index (χ0v) is 30.1. The number of benzene rings is 3. The number of hydrogen-bond donors (Lipinski definition) is 2. The van der Waals surface area contributed by atoms with Gasteiger partial charge in [0.25, 0.3) is 11.8 Å². The number of rotatable bonds is 7. The Morgan fingerprint density at radius 3 is 2.40 bits per heavy atom. The molecule has 3 aromatic carbocycles. The summed E-state index contributed by atoms with van der Waals surface area (Å²) in [5.41, 5.74) is 6.37. The molecule has 272 valence electrons. The second-order valence-electron chi connectivity index (χ2n) is 15.2. The topological polar surface area (TPSA) is 140 Å². The minimum atomic E-state index is -1.16. The summed E-state index contributed by atoms with van der Waals surface area (Å²) < 4.78 is 15.4. The van der Waals surface area contributed by atoms with Crippen molar-refractivity contribution in [3.05, 3.63) is 98.5 Å². The van der Waals surface area contributed by atoms with E-state index in [2.05, 4.69) is 53.0 Å². The summed E-state index contributed by atoms with van der Waals surface area (Å²) in [6.07, 6.45) is 3.21. The number of ketones is 1. The van der Waals surface area contributed by atoms with Gasteiger partial charge in [-0.15, -0.1) is 0 Å². The number of aromatic amines is 1. The van der Waals surface area contributed by atoms with Crippen LogP contribution in [0.2, 0.25) is 0 Å². The highest BCUT2D eigenvalue weighted by atomic mass is 19.1. The van der Waals surface area contributed by atoms with Gasteiger partial charge < -0.3 is 9.88 Å². The molecule has 0 radical (unpaired) electrons. The molecule has 0 bridgehead atoms. The number of amides is 4. The molecule has 2 fully saturated rings. The van der Waals surface area contributed by atoms with Crippen LogP contribution in [0, 0.1) is 5.82 Å². The molecular formula is C41H40FN5O6. The van der Waals surface area contributed by atoms with Crippen LogP contribution in [0.5, 0.6) is 0 Å². The van der Waals surface area contributed by atoms with Crippen LogP contribution in [-0.2, 0) is 28.0 Å². The molecule has 4 aromatic rings. The second-order valence-corrected chi connectivity index (χ2v) is 15.2. The Kier molecular flexibility index (Phi) is 8.21. The van der Waals surface area contributed by atoms with E-state index >= 15 is 4.39 Å². The van der Waals surface area contributed by atoms with Gasteiger partial charge in [0.05, 0.1) is 16.7 Å². The number of aldehydes is 1. The monoisotopic (exact) mass is 717 g/mol. The smallest absolute Gasteiger partial charge is 0.265 e. The van der Waals surface area contributed by atoms with Gasteiger partial charge in [-0.05, 0) is 79.8 Å². The number of imide groups is 2. The molecule has 1 aromatic heterocycles. The second kappa shape index (κ2) is 12.6. The molecule has 12 heteroatoms. The van der Waals surface area contributed by atoms with Gasteiger partial charge in [0.1, 0.15) is 18.1 Å². The molecule has 4 amide bonds. The number of fused-ring (bicyclic) bond motifs is 5. The van der Waals surface area contributed by atoms with Gasteiger partial charge in [-0.3, -0.25) is 43.9 Å². The minimum Gasteiger partial charge on any atom is -0.371 e. The Morgan fingerprint density at radius 1 is 0.943 bits per heavy atom.